The number of carbonyl (C=O) groups excluding carboxylic acids is 1. The Labute approximate surface area is 142 Å². The molecule has 1 aromatic carbocycles. The van der Waals surface area contributed by atoms with Crippen LogP contribution in [0.2, 0.25) is 0 Å². The second-order valence-corrected chi connectivity index (χ2v) is 5.69. The zero-order chi connectivity index (χ0) is 16.1. The van der Waals surface area contributed by atoms with Crippen molar-refractivity contribution in [3.8, 4) is 11.4 Å². The molecule has 0 radical (unpaired) electrons. The lowest BCUT2D eigenvalue weighted by atomic mass is 10.1. The Morgan fingerprint density at radius 3 is 2.57 bits per heavy atom. The second-order valence-electron chi connectivity index (χ2n) is 5.69. The van der Waals surface area contributed by atoms with Gasteiger partial charge in [-0.2, -0.15) is 5.10 Å². The average molecular weight is 338 g/mol. The van der Waals surface area contributed by atoms with Crippen LogP contribution >= 0.6 is 12.4 Å². The minimum atomic E-state index is -0.114. The number of halogens is 1. The summed E-state index contributed by atoms with van der Waals surface area (Å²) in [5.41, 5.74) is 1.54. The van der Waals surface area contributed by atoms with E-state index in [-0.39, 0.29) is 30.2 Å². The Kier molecular flexibility index (Phi) is 7.19. The highest BCUT2D eigenvalue weighted by Gasteiger charge is 2.16. The van der Waals surface area contributed by atoms with Gasteiger partial charge in [-0.1, -0.05) is 32.9 Å². The summed E-state index contributed by atoms with van der Waals surface area (Å²) in [6.45, 7) is 6.62. The zero-order valence-corrected chi connectivity index (χ0v) is 14.7. The van der Waals surface area contributed by atoms with Crippen LogP contribution in [0.15, 0.2) is 24.3 Å². The van der Waals surface area contributed by atoms with Gasteiger partial charge in [0.1, 0.15) is 5.82 Å². The van der Waals surface area contributed by atoms with E-state index in [1.807, 2.05) is 38.2 Å². The van der Waals surface area contributed by atoms with Gasteiger partial charge in [0.05, 0.1) is 5.69 Å². The molecule has 1 amide bonds. The fourth-order valence-electron chi connectivity index (χ4n) is 2.09. The van der Waals surface area contributed by atoms with Gasteiger partial charge in [-0.3, -0.25) is 9.89 Å². The van der Waals surface area contributed by atoms with E-state index in [9.17, 15) is 4.79 Å². The van der Waals surface area contributed by atoms with Crippen LogP contribution in [0.4, 0.5) is 5.69 Å². The van der Waals surface area contributed by atoms with E-state index in [2.05, 4.69) is 39.7 Å². The summed E-state index contributed by atoms with van der Waals surface area (Å²) < 4.78 is 0. The third-order valence-electron chi connectivity index (χ3n) is 3.43. The highest BCUT2D eigenvalue weighted by Crippen LogP contribution is 2.26. The van der Waals surface area contributed by atoms with E-state index in [1.54, 1.807) is 0 Å². The molecule has 0 aliphatic carbocycles. The van der Waals surface area contributed by atoms with Crippen LogP contribution in [0.1, 0.15) is 32.5 Å². The van der Waals surface area contributed by atoms with Gasteiger partial charge in [0.15, 0.2) is 5.82 Å². The number of hydrogen-bond donors (Lipinski definition) is 3. The van der Waals surface area contributed by atoms with Crippen molar-refractivity contribution in [3.05, 3.63) is 30.1 Å². The maximum atomic E-state index is 12.2. The van der Waals surface area contributed by atoms with Crippen LogP contribution in [-0.4, -0.2) is 34.7 Å². The topological polar surface area (TPSA) is 82.7 Å². The fraction of sp³-hybridized carbons (Fsp3) is 0.438. The zero-order valence-electron chi connectivity index (χ0n) is 13.9. The number of amides is 1. The molecule has 7 heteroatoms. The highest BCUT2D eigenvalue weighted by molar-refractivity contribution is 5.96. The van der Waals surface area contributed by atoms with Crippen molar-refractivity contribution in [2.75, 3.05) is 18.9 Å². The Hall–Kier alpha value is -1.92. The molecule has 0 bridgehead atoms. The second kappa shape index (κ2) is 8.64. The SMILES string of the molecule is CNCC(C)C(=O)Nc1ccccc1-c1n[nH]c(C(C)C)n1.Cl. The van der Waals surface area contributed by atoms with Crippen molar-refractivity contribution in [1.29, 1.82) is 0 Å². The number of carbonyl (C=O) groups is 1. The molecule has 6 nitrogen and oxygen atoms in total. The maximum Gasteiger partial charge on any atom is 0.228 e. The smallest absolute Gasteiger partial charge is 0.228 e. The van der Waals surface area contributed by atoms with Crippen molar-refractivity contribution in [2.24, 2.45) is 5.92 Å². The predicted molar refractivity (Wildman–Crippen MR) is 94.9 cm³/mol. The largest absolute Gasteiger partial charge is 0.325 e. The Morgan fingerprint density at radius 1 is 1.26 bits per heavy atom. The molecule has 0 aliphatic rings. The first-order valence-corrected chi connectivity index (χ1v) is 7.50. The number of hydrogen-bond acceptors (Lipinski definition) is 4. The highest BCUT2D eigenvalue weighted by atomic mass is 35.5. The molecule has 0 spiro atoms. The number of nitrogens with one attached hydrogen (secondary N) is 3. The van der Waals surface area contributed by atoms with E-state index >= 15 is 0 Å². The molecule has 0 saturated heterocycles. The summed E-state index contributed by atoms with van der Waals surface area (Å²) in [6, 6.07) is 7.57. The van der Waals surface area contributed by atoms with Gasteiger partial charge in [-0.05, 0) is 19.2 Å². The van der Waals surface area contributed by atoms with Gasteiger partial charge in [0.25, 0.3) is 0 Å². The first kappa shape index (κ1) is 19.1. The molecule has 0 fully saturated rings. The van der Waals surface area contributed by atoms with E-state index in [4.69, 9.17) is 0 Å². The van der Waals surface area contributed by atoms with Gasteiger partial charge < -0.3 is 10.6 Å². The van der Waals surface area contributed by atoms with Gasteiger partial charge in [-0.15, -0.1) is 12.4 Å². The van der Waals surface area contributed by atoms with Crippen molar-refractivity contribution < 1.29 is 4.79 Å². The van der Waals surface area contributed by atoms with Gasteiger partial charge in [-0.25, -0.2) is 4.98 Å². The Morgan fingerprint density at radius 2 is 1.96 bits per heavy atom. The minimum Gasteiger partial charge on any atom is -0.325 e. The monoisotopic (exact) mass is 337 g/mol. The molecule has 1 unspecified atom stereocenters. The van der Waals surface area contributed by atoms with E-state index in [0.29, 0.717) is 12.4 Å². The predicted octanol–water partition coefficient (Wildman–Crippen LogP) is 2.81. The molecule has 3 N–H and O–H groups in total. The third kappa shape index (κ3) is 4.77. The first-order valence-electron chi connectivity index (χ1n) is 7.50. The lowest BCUT2D eigenvalue weighted by Crippen LogP contribution is -2.28. The molecular formula is C16H24ClN5O. The lowest BCUT2D eigenvalue weighted by Gasteiger charge is -2.13. The summed E-state index contributed by atoms with van der Waals surface area (Å²) in [4.78, 5) is 16.7. The first-order chi connectivity index (χ1) is 10.5. The van der Waals surface area contributed by atoms with Gasteiger partial charge >= 0.3 is 0 Å². The van der Waals surface area contributed by atoms with Crippen LogP contribution in [0.3, 0.4) is 0 Å². The molecule has 0 saturated carbocycles. The van der Waals surface area contributed by atoms with Crippen LogP contribution < -0.4 is 10.6 Å². The molecule has 126 valence electrons. The van der Waals surface area contributed by atoms with Crippen molar-refractivity contribution >= 4 is 24.0 Å². The van der Waals surface area contributed by atoms with Crippen molar-refractivity contribution in [2.45, 2.75) is 26.7 Å². The maximum absolute atomic E-state index is 12.2. The number of aromatic amines is 1. The molecular weight excluding hydrogens is 314 g/mol. The molecule has 2 rings (SSSR count). The summed E-state index contributed by atoms with van der Waals surface area (Å²) in [6.07, 6.45) is 0. The lowest BCUT2D eigenvalue weighted by molar-refractivity contribution is -0.119. The van der Waals surface area contributed by atoms with E-state index in [0.717, 1.165) is 17.1 Å². The van der Waals surface area contributed by atoms with Crippen LogP contribution in [0, 0.1) is 5.92 Å². The van der Waals surface area contributed by atoms with Crippen LogP contribution in [0.25, 0.3) is 11.4 Å². The molecule has 0 aliphatic heterocycles. The van der Waals surface area contributed by atoms with Crippen LogP contribution in [0.5, 0.6) is 0 Å². The summed E-state index contributed by atoms with van der Waals surface area (Å²) in [5, 5.41) is 13.2. The average Bonchev–Trinajstić information content (AvgIpc) is 2.98. The number of H-pyrrole nitrogens is 1. The summed E-state index contributed by atoms with van der Waals surface area (Å²) in [7, 11) is 1.83. The van der Waals surface area contributed by atoms with Crippen LogP contribution in [-0.2, 0) is 4.79 Å². The third-order valence-corrected chi connectivity index (χ3v) is 3.43. The standard InChI is InChI=1S/C16H23N5O.ClH/c1-10(2)14-19-15(21-20-14)12-7-5-6-8-13(12)18-16(22)11(3)9-17-4;/h5-8,10-11,17H,9H2,1-4H3,(H,18,22)(H,19,20,21);1H. The normalized spacial score (nSPS) is 11.9. The van der Waals surface area contributed by atoms with Crippen molar-refractivity contribution in [1.82, 2.24) is 20.5 Å². The summed E-state index contributed by atoms with van der Waals surface area (Å²) >= 11 is 0. The molecule has 2 aromatic rings. The Balaban J connectivity index is 0.00000264. The molecule has 1 aromatic heterocycles. The van der Waals surface area contributed by atoms with Gasteiger partial charge in [0, 0.05) is 23.9 Å². The molecule has 1 heterocycles. The molecule has 23 heavy (non-hydrogen) atoms. The van der Waals surface area contributed by atoms with Crippen molar-refractivity contribution in [3.63, 3.8) is 0 Å². The van der Waals surface area contributed by atoms with Gasteiger partial charge in [0.2, 0.25) is 5.91 Å². The number of rotatable bonds is 6. The number of nitrogens with zero attached hydrogens (tertiary/aromatic N) is 2. The van der Waals surface area contributed by atoms with E-state index in [1.165, 1.54) is 0 Å². The number of anilines is 1. The Bertz CT molecular complexity index is 641. The minimum absolute atomic E-state index is 0. The quantitative estimate of drug-likeness (QED) is 0.757. The fourth-order valence-corrected chi connectivity index (χ4v) is 2.09. The number of benzene rings is 1. The number of aromatic nitrogens is 3. The summed E-state index contributed by atoms with van der Waals surface area (Å²) in [5.74, 6) is 1.57. The number of para-hydroxylation sites is 1. The van der Waals surface area contributed by atoms with E-state index < -0.39 is 0 Å². The molecule has 1 atom stereocenters.